The van der Waals surface area contributed by atoms with E-state index >= 15 is 0 Å². The van der Waals surface area contributed by atoms with Gasteiger partial charge in [-0.1, -0.05) is 86.6 Å². The molecule has 0 unspecified atom stereocenters. The first-order valence-corrected chi connectivity index (χ1v) is 14.8. The van der Waals surface area contributed by atoms with Crippen LogP contribution < -0.4 is 0 Å². The van der Waals surface area contributed by atoms with Gasteiger partial charge in [0.15, 0.2) is 0 Å². The lowest BCUT2D eigenvalue weighted by atomic mass is 9.73. The molecule has 4 heterocycles. The molecule has 1 aliphatic rings. The summed E-state index contributed by atoms with van der Waals surface area (Å²) in [4.78, 5) is 9.51. The largest absolute Gasteiger partial charge is 0.255 e. The summed E-state index contributed by atoms with van der Waals surface area (Å²) in [5.41, 5.74) is 12.4. The molecule has 0 spiro atoms. The van der Waals surface area contributed by atoms with Crippen molar-refractivity contribution in [3.63, 3.8) is 0 Å². The second-order valence-electron chi connectivity index (χ2n) is 11.1. The van der Waals surface area contributed by atoms with Gasteiger partial charge in [-0.05, 0) is 82.4 Å². The summed E-state index contributed by atoms with van der Waals surface area (Å²) >= 11 is 0. The topological polar surface area (TPSA) is 43.1 Å². The van der Waals surface area contributed by atoms with Crippen molar-refractivity contribution >= 4 is 16.3 Å². The minimum atomic E-state index is -0.0166. The third kappa shape index (κ3) is 3.45. The van der Waals surface area contributed by atoms with Gasteiger partial charge in [0, 0.05) is 28.8 Å². The van der Waals surface area contributed by atoms with Crippen LogP contribution in [0.1, 0.15) is 37.8 Å². The van der Waals surface area contributed by atoms with Gasteiger partial charge in [-0.25, -0.2) is 4.52 Å². The summed E-state index contributed by atoms with van der Waals surface area (Å²) in [5, 5.41) is 7.62. The van der Waals surface area contributed by atoms with Gasteiger partial charge in [0.2, 0.25) is 0 Å². The Bertz CT molecular complexity index is 2110. The number of pyridine rings is 3. The molecule has 0 radical (unpaired) electrons. The lowest BCUT2D eigenvalue weighted by molar-refractivity contribution is 0.490. The Kier molecular flexibility index (Phi) is 5.58. The number of aromatic nitrogens is 4. The maximum absolute atomic E-state index is 5.31. The molecule has 4 aromatic heterocycles. The Labute approximate surface area is 245 Å². The Morgan fingerprint density at radius 1 is 0.643 bits per heavy atom. The van der Waals surface area contributed by atoms with E-state index in [1.807, 2.05) is 36.7 Å². The SMILES string of the molecule is CCC1(CC)c2ccccc2-c2ccc(-c3c(-c4ccccn4)nn4c(-c5ccccn5)cc5ccccc5c34)cc21. The maximum Gasteiger partial charge on any atom is 0.120 e. The molecular weight excluding hydrogens is 512 g/mol. The second kappa shape index (κ2) is 9.49. The van der Waals surface area contributed by atoms with E-state index in [0.29, 0.717) is 0 Å². The van der Waals surface area contributed by atoms with E-state index < -0.39 is 0 Å². The zero-order chi connectivity index (χ0) is 28.3. The van der Waals surface area contributed by atoms with Crippen LogP contribution in [0.2, 0.25) is 0 Å². The standard InChI is InChI=1S/C38H30N4/c1-3-38(4-2)30-16-8-7-15-28(30)29-20-19-26(23-31(29)38)35-36(33-18-10-12-22-40-33)41-42-34(32-17-9-11-21-39-32)24-25-13-5-6-14-27(25)37(35)42/h5-24H,3-4H2,1-2H3. The van der Waals surface area contributed by atoms with Crippen molar-refractivity contribution in [2.75, 3.05) is 0 Å². The molecule has 0 bridgehead atoms. The highest BCUT2D eigenvalue weighted by molar-refractivity contribution is 6.08. The van der Waals surface area contributed by atoms with E-state index in [4.69, 9.17) is 15.1 Å². The highest BCUT2D eigenvalue weighted by Crippen LogP contribution is 2.54. The monoisotopic (exact) mass is 542 g/mol. The third-order valence-corrected chi connectivity index (χ3v) is 9.22. The zero-order valence-corrected chi connectivity index (χ0v) is 23.8. The van der Waals surface area contributed by atoms with Gasteiger partial charge in [0.25, 0.3) is 0 Å². The van der Waals surface area contributed by atoms with Crippen molar-refractivity contribution in [2.24, 2.45) is 0 Å². The van der Waals surface area contributed by atoms with Crippen LogP contribution in [0.25, 0.3) is 61.3 Å². The first-order valence-electron chi connectivity index (χ1n) is 14.8. The normalized spacial score (nSPS) is 13.4. The van der Waals surface area contributed by atoms with Crippen LogP contribution in [-0.4, -0.2) is 19.6 Å². The van der Waals surface area contributed by atoms with Crippen LogP contribution in [-0.2, 0) is 5.41 Å². The van der Waals surface area contributed by atoms with E-state index in [0.717, 1.165) is 63.0 Å². The fourth-order valence-corrected chi connectivity index (χ4v) is 7.16. The molecule has 0 atom stereocenters. The number of fused-ring (bicyclic) bond motifs is 6. The minimum Gasteiger partial charge on any atom is -0.255 e. The molecule has 0 aliphatic heterocycles. The predicted octanol–water partition coefficient (Wildman–Crippen LogP) is 9.36. The van der Waals surface area contributed by atoms with Crippen molar-refractivity contribution in [3.8, 4) is 45.0 Å². The van der Waals surface area contributed by atoms with Crippen molar-refractivity contribution in [1.82, 2.24) is 19.6 Å². The molecule has 4 heteroatoms. The van der Waals surface area contributed by atoms with Crippen LogP contribution in [0, 0.1) is 0 Å². The van der Waals surface area contributed by atoms with Crippen molar-refractivity contribution in [1.29, 1.82) is 0 Å². The zero-order valence-electron chi connectivity index (χ0n) is 23.8. The van der Waals surface area contributed by atoms with Gasteiger partial charge in [0.1, 0.15) is 5.69 Å². The van der Waals surface area contributed by atoms with E-state index in [1.165, 1.54) is 22.3 Å². The van der Waals surface area contributed by atoms with Gasteiger partial charge in [-0.2, -0.15) is 5.10 Å². The minimum absolute atomic E-state index is 0.0166. The van der Waals surface area contributed by atoms with Gasteiger partial charge in [-0.15, -0.1) is 0 Å². The Morgan fingerprint density at radius 2 is 1.33 bits per heavy atom. The number of benzene rings is 3. The van der Waals surface area contributed by atoms with Gasteiger partial charge < -0.3 is 0 Å². The van der Waals surface area contributed by atoms with Gasteiger partial charge in [-0.3, -0.25) is 9.97 Å². The quantitative estimate of drug-likeness (QED) is 0.218. The number of rotatable bonds is 5. The molecule has 0 fully saturated rings. The first kappa shape index (κ1) is 24.7. The molecular formula is C38H30N4. The molecule has 8 rings (SSSR count). The average Bonchev–Trinajstić information content (AvgIpc) is 3.60. The van der Waals surface area contributed by atoms with Crippen LogP contribution >= 0.6 is 0 Å². The summed E-state index contributed by atoms with van der Waals surface area (Å²) in [7, 11) is 0. The lowest BCUT2D eigenvalue weighted by Gasteiger charge is -2.30. The molecule has 3 aromatic carbocycles. The van der Waals surface area contributed by atoms with E-state index in [-0.39, 0.29) is 5.41 Å². The van der Waals surface area contributed by atoms with Gasteiger partial charge >= 0.3 is 0 Å². The number of nitrogens with zero attached hydrogens (tertiary/aromatic N) is 4. The highest BCUT2D eigenvalue weighted by Gasteiger charge is 2.40. The fourth-order valence-electron chi connectivity index (χ4n) is 7.16. The van der Waals surface area contributed by atoms with E-state index in [2.05, 4.69) is 103 Å². The number of hydrogen-bond acceptors (Lipinski definition) is 3. The van der Waals surface area contributed by atoms with Crippen LogP contribution in [0.3, 0.4) is 0 Å². The molecule has 7 aromatic rings. The number of hydrogen-bond donors (Lipinski definition) is 0. The summed E-state index contributed by atoms with van der Waals surface area (Å²) < 4.78 is 2.08. The third-order valence-electron chi connectivity index (χ3n) is 9.22. The molecule has 0 amide bonds. The average molecular weight is 543 g/mol. The van der Waals surface area contributed by atoms with Crippen LogP contribution in [0.15, 0.2) is 122 Å². The van der Waals surface area contributed by atoms with Crippen molar-refractivity contribution in [3.05, 3.63) is 133 Å². The summed E-state index contributed by atoms with van der Waals surface area (Å²) in [5.74, 6) is 0. The van der Waals surface area contributed by atoms with Crippen molar-refractivity contribution < 1.29 is 0 Å². The molecule has 0 saturated heterocycles. The summed E-state index contributed by atoms with van der Waals surface area (Å²) in [6.45, 7) is 4.65. The molecule has 4 nitrogen and oxygen atoms in total. The Hall–Kier alpha value is -5.09. The second-order valence-corrected chi connectivity index (χ2v) is 11.1. The molecule has 1 aliphatic carbocycles. The summed E-state index contributed by atoms with van der Waals surface area (Å²) in [6, 6.07) is 38.8. The predicted molar refractivity (Wildman–Crippen MR) is 171 cm³/mol. The fraction of sp³-hybridized carbons (Fsp3) is 0.132. The lowest BCUT2D eigenvalue weighted by Crippen LogP contribution is -2.23. The van der Waals surface area contributed by atoms with Gasteiger partial charge in [0.05, 0.1) is 22.6 Å². The van der Waals surface area contributed by atoms with E-state index in [9.17, 15) is 0 Å². The molecule has 42 heavy (non-hydrogen) atoms. The summed E-state index contributed by atoms with van der Waals surface area (Å²) in [6.07, 6.45) is 5.78. The van der Waals surface area contributed by atoms with E-state index in [1.54, 1.807) is 0 Å². The van der Waals surface area contributed by atoms with Crippen molar-refractivity contribution in [2.45, 2.75) is 32.1 Å². The maximum atomic E-state index is 5.31. The Balaban J connectivity index is 1.50. The Morgan fingerprint density at radius 3 is 2.10 bits per heavy atom. The first-order chi connectivity index (χ1) is 20.7. The smallest absolute Gasteiger partial charge is 0.120 e. The van der Waals surface area contributed by atoms with Crippen LogP contribution in [0.5, 0.6) is 0 Å². The van der Waals surface area contributed by atoms with Crippen LogP contribution in [0.4, 0.5) is 0 Å². The molecule has 0 saturated carbocycles. The highest BCUT2D eigenvalue weighted by atomic mass is 15.2. The molecule has 202 valence electrons. The molecule has 0 N–H and O–H groups in total.